The van der Waals surface area contributed by atoms with Gasteiger partial charge in [0.25, 0.3) is 10.0 Å². The third-order valence-corrected chi connectivity index (χ3v) is 5.53. The maximum atomic E-state index is 12.9. The van der Waals surface area contributed by atoms with Crippen molar-refractivity contribution in [2.24, 2.45) is 0 Å². The van der Waals surface area contributed by atoms with E-state index in [2.05, 4.69) is 0 Å². The predicted molar refractivity (Wildman–Crippen MR) is 90.0 cm³/mol. The van der Waals surface area contributed by atoms with Gasteiger partial charge in [-0.2, -0.15) is 0 Å². The fourth-order valence-corrected chi connectivity index (χ4v) is 3.95. The van der Waals surface area contributed by atoms with Crippen LogP contribution in [-0.2, 0) is 16.6 Å². The molecule has 0 bridgehead atoms. The molecule has 0 amide bonds. The summed E-state index contributed by atoms with van der Waals surface area (Å²) in [6.07, 6.45) is 1.43. The van der Waals surface area contributed by atoms with Gasteiger partial charge in [-0.05, 0) is 42.5 Å². The third kappa shape index (κ3) is 2.61. The first-order valence-electron chi connectivity index (χ1n) is 7.19. The number of fused-ring (bicyclic) bond motifs is 1. The zero-order chi connectivity index (χ0) is 17.3. The summed E-state index contributed by atoms with van der Waals surface area (Å²) < 4.78 is 37.3. The molecular formula is C17H17NO5S. The Labute approximate surface area is 139 Å². The SMILES string of the molecule is COc1ccc(S(=O)(=O)n2cc(CO)c3cc(OC)ccc32)cc1. The van der Waals surface area contributed by atoms with Crippen LogP contribution in [0.15, 0.2) is 53.6 Å². The van der Waals surface area contributed by atoms with Crippen molar-refractivity contribution in [2.45, 2.75) is 11.5 Å². The second-order valence-electron chi connectivity index (χ2n) is 5.17. The van der Waals surface area contributed by atoms with E-state index < -0.39 is 10.0 Å². The van der Waals surface area contributed by atoms with Crippen molar-refractivity contribution in [3.05, 3.63) is 54.2 Å². The summed E-state index contributed by atoms with van der Waals surface area (Å²) in [6, 6.07) is 11.2. The standard InChI is InChI=1S/C17H17NO5S/c1-22-13-3-6-15(7-4-13)24(20,21)18-10-12(11-19)16-9-14(23-2)5-8-17(16)18/h3-10,19H,11H2,1-2H3. The largest absolute Gasteiger partial charge is 0.497 e. The average molecular weight is 347 g/mol. The van der Waals surface area contributed by atoms with Crippen LogP contribution in [0, 0.1) is 0 Å². The molecule has 6 nitrogen and oxygen atoms in total. The molecule has 0 radical (unpaired) electrons. The van der Waals surface area contributed by atoms with Crippen molar-refractivity contribution in [3.63, 3.8) is 0 Å². The number of ether oxygens (including phenoxy) is 2. The van der Waals surface area contributed by atoms with Crippen LogP contribution < -0.4 is 9.47 Å². The molecule has 1 aromatic heterocycles. The van der Waals surface area contributed by atoms with Gasteiger partial charge in [0.05, 0.1) is 31.2 Å². The Morgan fingerprint density at radius 1 is 1.00 bits per heavy atom. The van der Waals surface area contributed by atoms with E-state index in [9.17, 15) is 13.5 Å². The van der Waals surface area contributed by atoms with Crippen molar-refractivity contribution >= 4 is 20.9 Å². The maximum absolute atomic E-state index is 12.9. The highest BCUT2D eigenvalue weighted by atomic mass is 32.2. The molecule has 0 fully saturated rings. The average Bonchev–Trinajstić information content (AvgIpc) is 3.00. The van der Waals surface area contributed by atoms with Crippen LogP contribution in [0.3, 0.4) is 0 Å². The molecule has 1 heterocycles. The lowest BCUT2D eigenvalue weighted by Gasteiger charge is -2.08. The Bertz CT molecular complexity index is 974. The number of aromatic nitrogens is 1. The molecule has 1 N–H and O–H groups in total. The number of hydrogen-bond donors (Lipinski definition) is 1. The van der Waals surface area contributed by atoms with Crippen LogP contribution in [0.1, 0.15) is 5.56 Å². The summed E-state index contributed by atoms with van der Waals surface area (Å²) in [5.74, 6) is 1.17. The van der Waals surface area contributed by atoms with Gasteiger partial charge in [-0.15, -0.1) is 0 Å². The molecule has 3 rings (SSSR count). The van der Waals surface area contributed by atoms with Crippen molar-refractivity contribution in [3.8, 4) is 11.5 Å². The van der Waals surface area contributed by atoms with Crippen molar-refractivity contribution in [1.82, 2.24) is 3.97 Å². The van der Waals surface area contributed by atoms with E-state index in [1.54, 1.807) is 30.3 Å². The molecule has 0 spiro atoms. The molecule has 126 valence electrons. The summed E-state index contributed by atoms with van der Waals surface area (Å²) >= 11 is 0. The molecule has 7 heteroatoms. The first-order chi connectivity index (χ1) is 11.5. The van der Waals surface area contributed by atoms with Gasteiger partial charge in [-0.25, -0.2) is 12.4 Å². The zero-order valence-electron chi connectivity index (χ0n) is 13.3. The highest BCUT2D eigenvalue weighted by molar-refractivity contribution is 7.90. The summed E-state index contributed by atoms with van der Waals surface area (Å²) in [5.41, 5.74) is 0.997. The summed E-state index contributed by atoms with van der Waals surface area (Å²) in [6.45, 7) is -0.269. The van der Waals surface area contributed by atoms with E-state index in [1.165, 1.54) is 36.5 Å². The second kappa shape index (κ2) is 6.18. The number of benzene rings is 2. The molecule has 24 heavy (non-hydrogen) atoms. The van der Waals surface area contributed by atoms with Crippen molar-refractivity contribution in [1.29, 1.82) is 0 Å². The second-order valence-corrected chi connectivity index (χ2v) is 6.99. The highest BCUT2D eigenvalue weighted by Crippen LogP contribution is 2.29. The minimum Gasteiger partial charge on any atom is -0.497 e. The lowest BCUT2D eigenvalue weighted by atomic mass is 10.2. The first kappa shape index (κ1) is 16.4. The van der Waals surface area contributed by atoms with Crippen LogP contribution in [0.25, 0.3) is 10.9 Å². The van der Waals surface area contributed by atoms with Gasteiger partial charge in [0.2, 0.25) is 0 Å². The molecular weight excluding hydrogens is 330 g/mol. The van der Waals surface area contributed by atoms with Gasteiger partial charge in [-0.3, -0.25) is 0 Å². The fraction of sp³-hybridized carbons (Fsp3) is 0.176. The van der Waals surface area contributed by atoms with Crippen LogP contribution in [-0.4, -0.2) is 31.7 Å². The first-order valence-corrected chi connectivity index (χ1v) is 8.63. The Morgan fingerprint density at radius 2 is 1.62 bits per heavy atom. The lowest BCUT2D eigenvalue weighted by molar-refractivity contribution is 0.283. The smallest absolute Gasteiger partial charge is 0.268 e. The van der Waals surface area contributed by atoms with Gasteiger partial charge < -0.3 is 14.6 Å². The van der Waals surface area contributed by atoms with Gasteiger partial charge in [-0.1, -0.05) is 0 Å². The van der Waals surface area contributed by atoms with Gasteiger partial charge >= 0.3 is 0 Å². The van der Waals surface area contributed by atoms with Crippen LogP contribution in [0.5, 0.6) is 11.5 Å². The normalized spacial score (nSPS) is 11.6. The Balaban J connectivity index is 2.20. The summed E-state index contributed by atoms with van der Waals surface area (Å²) in [4.78, 5) is 0.139. The van der Waals surface area contributed by atoms with Crippen LogP contribution in [0.2, 0.25) is 0 Å². The number of hydrogen-bond acceptors (Lipinski definition) is 5. The van der Waals surface area contributed by atoms with Crippen LogP contribution in [0.4, 0.5) is 0 Å². The summed E-state index contributed by atoms with van der Waals surface area (Å²) in [5, 5.41) is 10.2. The summed E-state index contributed by atoms with van der Waals surface area (Å²) in [7, 11) is -0.740. The molecule has 2 aromatic carbocycles. The number of methoxy groups -OCH3 is 2. The molecule has 3 aromatic rings. The van der Waals surface area contributed by atoms with E-state index >= 15 is 0 Å². The Hall–Kier alpha value is -2.51. The number of aliphatic hydroxyl groups excluding tert-OH is 1. The lowest BCUT2D eigenvalue weighted by Crippen LogP contribution is -2.11. The quantitative estimate of drug-likeness (QED) is 0.767. The van der Waals surface area contributed by atoms with Crippen LogP contribution >= 0.6 is 0 Å². The van der Waals surface area contributed by atoms with E-state index in [1.807, 2.05) is 0 Å². The topological polar surface area (TPSA) is 77.8 Å². The molecule has 0 saturated heterocycles. The molecule has 0 aliphatic heterocycles. The molecule has 0 saturated carbocycles. The Kier molecular flexibility index (Phi) is 4.21. The van der Waals surface area contributed by atoms with E-state index in [4.69, 9.17) is 9.47 Å². The zero-order valence-corrected chi connectivity index (χ0v) is 14.1. The maximum Gasteiger partial charge on any atom is 0.268 e. The molecule has 0 atom stereocenters. The Morgan fingerprint density at radius 3 is 2.21 bits per heavy atom. The monoisotopic (exact) mass is 347 g/mol. The number of rotatable bonds is 5. The van der Waals surface area contributed by atoms with E-state index in [0.29, 0.717) is 28.0 Å². The van der Waals surface area contributed by atoms with Gasteiger partial charge in [0, 0.05) is 17.1 Å². The van der Waals surface area contributed by atoms with Gasteiger partial charge in [0.1, 0.15) is 11.5 Å². The van der Waals surface area contributed by atoms with E-state index in [-0.39, 0.29) is 11.5 Å². The predicted octanol–water partition coefficient (Wildman–Crippen LogP) is 2.39. The van der Waals surface area contributed by atoms with Gasteiger partial charge in [0.15, 0.2) is 0 Å². The molecule has 0 aliphatic rings. The van der Waals surface area contributed by atoms with Crippen molar-refractivity contribution < 1.29 is 23.0 Å². The number of aliphatic hydroxyl groups is 1. The van der Waals surface area contributed by atoms with E-state index in [0.717, 1.165) is 0 Å². The fourth-order valence-electron chi connectivity index (χ4n) is 2.56. The highest BCUT2D eigenvalue weighted by Gasteiger charge is 2.21. The minimum absolute atomic E-state index is 0.139. The molecule has 0 aliphatic carbocycles. The minimum atomic E-state index is -3.79. The van der Waals surface area contributed by atoms with Crippen molar-refractivity contribution in [2.75, 3.05) is 14.2 Å². The number of nitrogens with zero attached hydrogens (tertiary/aromatic N) is 1. The molecule has 0 unspecified atom stereocenters. The third-order valence-electron chi connectivity index (χ3n) is 3.85.